The van der Waals surface area contributed by atoms with E-state index in [4.69, 9.17) is 16.3 Å². The molecule has 3 aromatic rings. The third-order valence-electron chi connectivity index (χ3n) is 4.54. The molecule has 0 radical (unpaired) electrons. The molecule has 0 fully saturated rings. The summed E-state index contributed by atoms with van der Waals surface area (Å²) in [5, 5.41) is 7.60. The second-order valence-electron chi connectivity index (χ2n) is 6.50. The number of benzene rings is 2. The van der Waals surface area contributed by atoms with E-state index < -0.39 is 5.82 Å². The number of anilines is 1. The van der Waals surface area contributed by atoms with Crippen molar-refractivity contribution in [2.24, 2.45) is 0 Å². The van der Waals surface area contributed by atoms with Gasteiger partial charge in [0.05, 0.1) is 30.7 Å². The number of carbonyl (C=O) groups is 1. The van der Waals surface area contributed by atoms with Gasteiger partial charge in [0.25, 0.3) is 0 Å². The van der Waals surface area contributed by atoms with Gasteiger partial charge in [0.15, 0.2) is 0 Å². The van der Waals surface area contributed by atoms with Gasteiger partial charge in [-0.3, -0.25) is 9.48 Å². The minimum Gasteiger partial charge on any atom is -0.497 e. The molecule has 0 atom stereocenters. The highest BCUT2D eigenvalue weighted by molar-refractivity contribution is 6.31. The van der Waals surface area contributed by atoms with Crippen molar-refractivity contribution in [3.8, 4) is 5.75 Å². The Kier molecular flexibility index (Phi) is 6.34. The van der Waals surface area contributed by atoms with Crippen molar-refractivity contribution in [1.82, 2.24) is 9.78 Å². The quantitative estimate of drug-likeness (QED) is 0.578. The number of carbonyl (C=O) groups excluding carboxylic acids is 1. The number of methoxy groups -OCH3 is 1. The van der Waals surface area contributed by atoms with E-state index in [1.54, 1.807) is 36.9 Å². The van der Waals surface area contributed by atoms with Gasteiger partial charge in [0.2, 0.25) is 5.91 Å². The first-order chi connectivity index (χ1) is 13.9. The van der Waals surface area contributed by atoms with Crippen LogP contribution in [-0.4, -0.2) is 22.8 Å². The van der Waals surface area contributed by atoms with Gasteiger partial charge < -0.3 is 10.1 Å². The van der Waals surface area contributed by atoms with Crippen molar-refractivity contribution in [2.45, 2.75) is 20.4 Å². The minimum absolute atomic E-state index is 0.176. The van der Waals surface area contributed by atoms with Crippen LogP contribution in [0.1, 0.15) is 22.5 Å². The maximum Gasteiger partial charge on any atom is 0.248 e. The number of aryl methyl sites for hydroxylation is 1. The van der Waals surface area contributed by atoms with Crippen molar-refractivity contribution < 1.29 is 13.9 Å². The largest absolute Gasteiger partial charge is 0.497 e. The summed E-state index contributed by atoms with van der Waals surface area (Å²) in [6.45, 7) is 3.78. The Hall–Kier alpha value is -3.12. The molecule has 1 N–H and O–H groups in total. The van der Waals surface area contributed by atoms with E-state index in [-0.39, 0.29) is 12.5 Å². The Morgan fingerprint density at radius 1 is 1.24 bits per heavy atom. The first kappa shape index (κ1) is 20.6. The molecule has 5 nitrogen and oxygen atoms in total. The number of nitrogens with zero attached hydrogens (tertiary/aromatic N) is 2. The second-order valence-corrected chi connectivity index (χ2v) is 6.91. The molecule has 0 bridgehead atoms. The number of hydrogen-bond acceptors (Lipinski definition) is 3. The summed E-state index contributed by atoms with van der Waals surface area (Å²) in [7, 11) is 1.60. The SMILES string of the molecule is COc1ccc(C=CC(=O)Nc2c(C)nn(Cc3c(F)cccc3Cl)c2C)cc1. The number of rotatable bonds is 6. The molecule has 2 aromatic carbocycles. The van der Waals surface area contributed by atoms with E-state index in [9.17, 15) is 9.18 Å². The van der Waals surface area contributed by atoms with Crippen LogP contribution >= 0.6 is 11.6 Å². The predicted octanol–water partition coefficient (Wildman–Crippen LogP) is 5.00. The normalized spacial score (nSPS) is 11.1. The average Bonchev–Trinajstić information content (AvgIpc) is 2.97. The monoisotopic (exact) mass is 413 g/mol. The summed E-state index contributed by atoms with van der Waals surface area (Å²) in [4.78, 5) is 12.3. The summed E-state index contributed by atoms with van der Waals surface area (Å²) in [5.74, 6) is 0.0776. The highest BCUT2D eigenvalue weighted by Gasteiger charge is 2.16. The highest BCUT2D eigenvalue weighted by atomic mass is 35.5. The van der Waals surface area contributed by atoms with Crippen LogP contribution in [0.15, 0.2) is 48.5 Å². The third kappa shape index (κ3) is 4.84. The maximum absolute atomic E-state index is 14.1. The number of aromatic nitrogens is 2. The Labute approximate surface area is 173 Å². The Morgan fingerprint density at radius 2 is 1.97 bits per heavy atom. The molecule has 29 heavy (non-hydrogen) atoms. The van der Waals surface area contributed by atoms with Crippen LogP contribution in [0.3, 0.4) is 0 Å². The molecule has 150 valence electrons. The van der Waals surface area contributed by atoms with Gasteiger partial charge in [-0.15, -0.1) is 0 Å². The number of amides is 1. The molecule has 0 saturated carbocycles. The molecular weight excluding hydrogens is 393 g/mol. The Morgan fingerprint density at radius 3 is 2.62 bits per heavy atom. The summed E-state index contributed by atoms with van der Waals surface area (Å²) < 4.78 is 20.8. The lowest BCUT2D eigenvalue weighted by Crippen LogP contribution is -2.10. The molecule has 1 heterocycles. The second kappa shape index (κ2) is 8.92. The van der Waals surface area contributed by atoms with E-state index in [1.807, 2.05) is 31.2 Å². The molecule has 3 rings (SSSR count). The van der Waals surface area contributed by atoms with Crippen LogP contribution in [0, 0.1) is 19.7 Å². The lowest BCUT2D eigenvalue weighted by molar-refractivity contribution is -0.111. The van der Waals surface area contributed by atoms with Gasteiger partial charge in [-0.2, -0.15) is 5.10 Å². The van der Waals surface area contributed by atoms with Crippen molar-refractivity contribution in [3.63, 3.8) is 0 Å². The lowest BCUT2D eigenvalue weighted by atomic mass is 10.2. The first-order valence-electron chi connectivity index (χ1n) is 8.99. The zero-order valence-corrected chi connectivity index (χ0v) is 17.1. The molecule has 0 unspecified atom stereocenters. The summed E-state index contributed by atoms with van der Waals surface area (Å²) in [6.07, 6.45) is 3.16. The smallest absolute Gasteiger partial charge is 0.248 e. The van der Waals surface area contributed by atoms with Crippen LogP contribution in [0.25, 0.3) is 6.08 Å². The molecule has 0 aliphatic heterocycles. The minimum atomic E-state index is -0.391. The fourth-order valence-corrected chi connectivity index (χ4v) is 3.14. The summed E-state index contributed by atoms with van der Waals surface area (Å²) >= 11 is 6.11. The van der Waals surface area contributed by atoms with Gasteiger partial charge in [-0.05, 0) is 49.8 Å². The molecule has 1 aromatic heterocycles. The first-order valence-corrected chi connectivity index (χ1v) is 9.37. The van der Waals surface area contributed by atoms with E-state index in [2.05, 4.69) is 10.4 Å². The fraction of sp³-hybridized carbons (Fsp3) is 0.182. The molecule has 1 amide bonds. The van der Waals surface area contributed by atoms with Crippen molar-refractivity contribution in [1.29, 1.82) is 0 Å². The topological polar surface area (TPSA) is 56.1 Å². The molecular formula is C22H21ClFN3O2. The maximum atomic E-state index is 14.1. The van der Waals surface area contributed by atoms with Gasteiger partial charge in [0.1, 0.15) is 11.6 Å². The van der Waals surface area contributed by atoms with Crippen LogP contribution in [0.5, 0.6) is 5.75 Å². The van der Waals surface area contributed by atoms with Crippen molar-refractivity contribution >= 4 is 29.3 Å². The van der Waals surface area contributed by atoms with Crippen LogP contribution in [0.2, 0.25) is 5.02 Å². The number of ether oxygens (including phenoxy) is 1. The van der Waals surface area contributed by atoms with E-state index in [0.717, 1.165) is 11.3 Å². The molecule has 0 spiro atoms. The fourth-order valence-electron chi connectivity index (χ4n) is 2.92. The number of halogens is 2. The van der Waals surface area contributed by atoms with Crippen LogP contribution < -0.4 is 10.1 Å². The average molecular weight is 414 g/mol. The van der Waals surface area contributed by atoms with Gasteiger partial charge in [0, 0.05) is 16.7 Å². The molecule has 7 heteroatoms. The molecule has 0 aliphatic carbocycles. The van der Waals surface area contributed by atoms with Gasteiger partial charge in [-0.25, -0.2) is 4.39 Å². The molecule has 0 saturated heterocycles. The third-order valence-corrected chi connectivity index (χ3v) is 4.90. The summed E-state index contributed by atoms with van der Waals surface area (Å²) in [6, 6.07) is 11.9. The number of nitrogens with one attached hydrogen (secondary N) is 1. The van der Waals surface area contributed by atoms with Crippen LogP contribution in [-0.2, 0) is 11.3 Å². The van der Waals surface area contributed by atoms with E-state index in [0.29, 0.717) is 27.7 Å². The standard InChI is InChI=1S/C22H21ClFN3O2/c1-14-22(25-21(28)12-9-16-7-10-17(29-3)11-8-16)15(2)27(26-14)13-18-19(23)5-4-6-20(18)24/h4-12H,13H2,1-3H3,(H,25,28). The Balaban J connectivity index is 1.74. The van der Waals surface area contributed by atoms with Crippen LogP contribution in [0.4, 0.5) is 10.1 Å². The Bertz CT molecular complexity index is 1040. The predicted molar refractivity (Wildman–Crippen MR) is 113 cm³/mol. The zero-order valence-electron chi connectivity index (χ0n) is 16.4. The zero-order chi connectivity index (χ0) is 21.0. The van der Waals surface area contributed by atoms with Crippen molar-refractivity contribution in [2.75, 3.05) is 12.4 Å². The summed E-state index contributed by atoms with van der Waals surface area (Å²) in [5.41, 5.74) is 3.19. The van der Waals surface area contributed by atoms with Gasteiger partial charge in [-0.1, -0.05) is 29.8 Å². The lowest BCUT2D eigenvalue weighted by Gasteiger charge is -2.08. The van der Waals surface area contributed by atoms with E-state index in [1.165, 1.54) is 12.1 Å². The van der Waals surface area contributed by atoms with Gasteiger partial charge >= 0.3 is 0 Å². The highest BCUT2D eigenvalue weighted by Crippen LogP contribution is 2.24. The van der Waals surface area contributed by atoms with E-state index >= 15 is 0 Å². The van der Waals surface area contributed by atoms with Crippen molar-refractivity contribution in [3.05, 3.63) is 81.9 Å². The molecule has 0 aliphatic rings. The number of hydrogen-bond donors (Lipinski definition) is 1.